The van der Waals surface area contributed by atoms with E-state index >= 15 is 0 Å². The molecule has 0 amide bonds. The third-order valence-electron chi connectivity index (χ3n) is 6.37. The van der Waals surface area contributed by atoms with Crippen LogP contribution >= 0.6 is 0 Å². The highest BCUT2D eigenvalue weighted by molar-refractivity contribution is 5.75. The summed E-state index contributed by atoms with van der Waals surface area (Å²) < 4.78 is 0. The van der Waals surface area contributed by atoms with E-state index < -0.39 is 0 Å². The minimum absolute atomic E-state index is 0.185. The van der Waals surface area contributed by atoms with Crippen LogP contribution in [0.3, 0.4) is 0 Å². The average Bonchev–Trinajstić information content (AvgIpc) is 2.94. The summed E-state index contributed by atoms with van der Waals surface area (Å²) in [6, 6.07) is 36.0. The standard InChI is InChI=1S/C32H32N6/c1-21(33)26-18-27(22(2)34)31(20-30(26)35-25-16-10-5-11-17-25)38-32-36-28(23-12-6-3-7-13-23)19-29(37-32)24-14-8-4-9-15-24/h3-22,35H,33-34H2,1-2H3,(H,36,37,38). The molecule has 0 aliphatic rings. The van der Waals surface area contributed by atoms with Gasteiger partial charge in [0.1, 0.15) is 0 Å². The molecule has 0 aliphatic heterocycles. The Labute approximate surface area is 223 Å². The Bertz CT molecular complexity index is 1440. The lowest BCUT2D eigenvalue weighted by molar-refractivity contribution is 0.792. The van der Waals surface area contributed by atoms with E-state index in [2.05, 4.69) is 16.7 Å². The van der Waals surface area contributed by atoms with Crippen LogP contribution in [0.4, 0.5) is 23.0 Å². The molecule has 6 N–H and O–H groups in total. The molecule has 4 aromatic carbocycles. The van der Waals surface area contributed by atoms with Crippen molar-refractivity contribution >= 4 is 23.0 Å². The van der Waals surface area contributed by atoms with Gasteiger partial charge in [-0.3, -0.25) is 0 Å². The van der Waals surface area contributed by atoms with E-state index in [-0.39, 0.29) is 12.1 Å². The maximum atomic E-state index is 6.44. The number of nitrogens with two attached hydrogens (primary N) is 2. The second-order valence-corrected chi connectivity index (χ2v) is 9.41. The Kier molecular flexibility index (Phi) is 7.45. The van der Waals surface area contributed by atoms with Gasteiger partial charge in [-0.15, -0.1) is 0 Å². The molecule has 2 atom stereocenters. The lowest BCUT2D eigenvalue weighted by Gasteiger charge is -2.22. The summed E-state index contributed by atoms with van der Waals surface area (Å²) in [5.41, 5.74) is 21.1. The van der Waals surface area contributed by atoms with Crippen molar-refractivity contribution in [3.63, 3.8) is 0 Å². The van der Waals surface area contributed by atoms with Crippen LogP contribution in [0.5, 0.6) is 0 Å². The van der Waals surface area contributed by atoms with Gasteiger partial charge in [0.15, 0.2) is 0 Å². The number of para-hydroxylation sites is 1. The van der Waals surface area contributed by atoms with Crippen molar-refractivity contribution in [1.82, 2.24) is 9.97 Å². The van der Waals surface area contributed by atoms with E-state index in [0.29, 0.717) is 5.95 Å². The quantitative estimate of drug-likeness (QED) is 0.178. The first-order chi connectivity index (χ1) is 18.5. The highest BCUT2D eigenvalue weighted by Crippen LogP contribution is 2.35. The molecule has 0 saturated carbocycles. The van der Waals surface area contributed by atoms with Crippen molar-refractivity contribution in [3.8, 4) is 22.5 Å². The molecule has 38 heavy (non-hydrogen) atoms. The molecule has 0 fully saturated rings. The molecule has 1 aromatic heterocycles. The number of anilines is 4. The number of hydrogen-bond donors (Lipinski definition) is 4. The predicted molar refractivity (Wildman–Crippen MR) is 158 cm³/mol. The summed E-state index contributed by atoms with van der Waals surface area (Å²) in [5, 5.41) is 7.00. The van der Waals surface area contributed by atoms with Gasteiger partial charge in [-0.05, 0) is 55.3 Å². The molecule has 0 bridgehead atoms. The fourth-order valence-corrected chi connectivity index (χ4v) is 4.42. The van der Waals surface area contributed by atoms with Crippen LogP contribution in [-0.2, 0) is 0 Å². The van der Waals surface area contributed by atoms with Gasteiger partial charge < -0.3 is 22.1 Å². The van der Waals surface area contributed by atoms with Crippen molar-refractivity contribution in [1.29, 1.82) is 0 Å². The number of hydrogen-bond acceptors (Lipinski definition) is 6. The molecule has 5 rings (SSSR count). The third-order valence-corrected chi connectivity index (χ3v) is 6.37. The molecule has 0 radical (unpaired) electrons. The van der Waals surface area contributed by atoms with E-state index in [0.717, 1.165) is 50.7 Å². The molecule has 190 valence electrons. The van der Waals surface area contributed by atoms with Crippen molar-refractivity contribution in [3.05, 3.63) is 120 Å². The Morgan fingerprint density at radius 1 is 0.553 bits per heavy atom. The van der Waals surface area contributed by atoms with Gasteiger partial charge in [0.25, 0.3) is 0 Å². The Morgan fingerprint density at radius 3 is 1.47 bits per heavy atom. The van der Waals surface area contributed by atoms with Crippen molar-refractivity contribution in [2.24, 2.45) is 11.5 Å². The van der Waals surface area contributed by atoms with E-state index in [9.17, 15) is 0 Å². The highest BCUT2D eigenvalue weighted by Gasteiger charge is 2.17. The SMILES string of the molecule is CC(N)c1cc(C(C)N)c(Nc2nc(-c3ccccc3)cc(-c3ccccc3)n2)cc1Nc1ccccc1. The largest absolute Gasteiger partial charge is 0.355 e. The summed E-state index contributed by atoms with van der Waals surface area (Å²) in [5.74, 6) is 0.492. The second-order valence-electron chi connectivity index (χ2n) is 9.41. The first kappa shape index (κ1) is 25.1. The second kappa shape index (κ2) is 11.3. The van der Waals surface area contributed by atoms with Crippen LogP contribution in [0.2, 0.25) is 0 Å². The van der Waals surface area contributed by atoms with E-state index in [4.69, 9.17) is 21.4 Å². The van der Waals surface area contributed by atoms with Crippen molar-refractivity contribution in [2.45, 2.75) is 25.9 Å². The molecule has 5 aromatic rings. The number of nitrogens with one attached hydrogen (secondary N) is 2. The predicted octanol–water partition coefficient (Wildman–Crippen LogP) is 7.34. The minimum atomic E-state index is -0.230. The fourth-order valence-electron chi connectivity index (χ4n) is 4.42. The summed E-state index contributed by atoms with van der Waals surface area (Å²) in [4.78, 5) is 9.78. The van der Waals surface area contributed by atoms with Gasteiger partial charge in [0.2, 0.25) is 5.95 Å². The first-order valence-electron chi connectivity index (χ1n) is 12.8. The Hall–Kier alpha value is -4.52. The fraction of sp³-hybridized carbons (Fsp3) is 0.125. The van der Waals surface area contributed by atoms with Crippen LogP contribution in [0.25, 0.3) is 22.5 Å². The van der Waals surface area contributed by atoms with Gasteiger partial charge in [-0.25, -0.2) is 9.97 Å². The zero-order valence-electron chi connectivity index (χ0n) is 21.6. The van der Waals surface area contributed by atoms with Gasteiger partial charge >= 0.3 is 0 Å². The number of nitrogens with zero attached hydrogens (tertiary/aromatic N) is 2. The normalized spacial score (nSPS) is 12.5. The zero-order valence-corrected chi connectivity index (χ0v) is 21.6. The smallest absolute Gasteiger partial charge is 0.228 e. The van der Waals surface area contributed by atoms with Gasteiger partial charge in [0, 0.05) is 40.3 Å². The zero-order chi connectivity index (χ0) is 26.5. The average molecular weight is 501 g/mol. The monoisotopic (exact) mass is 500 g/mol. The summed E-state index contributed by atoms with van der Waals surface area (Å²) in [7, 11) is 0. The van der Waals surface area contributed by atoms with Crippen LogP contribution in [0.1, 0.15) is 37.1 Å². The molecular formula is C32H32N6. The highest BCUT2D eigenvalue weighted by atomic mass is 15.1. The summed E-state index contributed by atoms with van der Waals surface area (Å²) >= 11 is 0. The number of aromatic nitrogens is 2. The number of benzene rings is 4. The van der Waals surface area contributed by atoms with Crippen molar-refractivity contribution < 1.29 is 0 Å². The van der Waals surface area contributed by atoms with Crippen LogP contribution in [0, 0.1) is 0 Å². The molecule has 6 heteroatoms. The van der Waals surface area contributed by atoms with Crippen LogP contribution in [0.15, 0.2) is 109 Å². The lowest BCUT2D eigenvalue weighted by atomic mass is 9.97. The Morgan fingerprint density at radius 2 is 1.00 bits per heavy atom. The minimum Gasteiger partial charge on any atom is -0.355 e. The molecule has 6 nitrogen and oxygen atoms in total. The van der Waals surface area contributed by atoms with Gasteiger partial charge in [-0.1, -0.05) is 78.9 Å². The molecule has 0 aliphatic carbocycles. The lowest BCUT2D eigenvalue weighted by Crippen LogP contribution is -2.14. The topological polar surface area (TPSA) is 102 Å². The van der Waals surface area contributed by atoms with Gasteiger partial charge in [0.05, 0.1) is 11.4 Å². The maximum absolute atomic E-state index is 6.44. The maximum Gasteiger partial charge on any atom is 0.228 e. The van der Waals surface area contributed by atoms with E-state index in [1.165, 1.54) is 0 Å². The molecule has 0 spiro atoms. The first-order valence-corrected chi connectivity index (χ1v) is 12.8. The number of rotatable bonds is 8. The molecule has 1 heterocycles. The van der Waals surface area contributed by atoms with Crippen LogP contribution < -0.4 is 22.1 Å². The van der Waals surface area contributed by atoms with E-state index in [1.807, 2.05) is 117 Å². The Balaban J connectivity index is 1.62. The summed E-state index contributed by atoms with van der Waals surface area (Å²) in [6.45, 7) is 3.94. The third kappa shape index (κ3) is 5.72. The van der Waals surface area contributed by atoms with Gasteiger partial charge in [-0.2, -0.15) is 0 Å². The molecule has 2 unspecified atom stereocenters. The molecular weight excluding hydrogens is 468 g/mol. The molecule has 0 saturated heterocycles. The van der Waals surface area contributed by atoms with E-state index in [1.54, 1.807) is 0 Å². The van der Waals surface area contributed by atoms with Crippen molar-refractivity contribution in [2.75, 3.05) is 10.6 Å². The summed E-state index contributed by atoms with van der Waals surface area (Å²) in [6.07, 6.45) is 0. The van der Waals surface area contributed by atoms with Crippen LogP contribution in [-0.4, -0.2) is 9.97 Å².